The molecule has 2 fully saturated rings. The molecule has 194 valence electrons. The Kier molecular flexibility index (Phi) is 8.08. The van der Waals surface area contributed by atoms with Gasteiger partial charge in [0.2, 0.25) is 0 Å². The zero-order valence-electron chi connectivity index (χ0n) is 19.8. The van der Waals surface area contributed by atoms with E-state index in [1.165, 1.54) is 11.0 Å². The van der Waals surface area contributed by atoms with Crippen molar-refractivity contribution in [1.82, 2.24) is 14.5 Å². The molecule has 2 amide bonds. The number of nitrogens with zero attached hydrogens (tertiary/aromatic N) is 2. The van der Waals surface area contributed by atoms with Crippen LogP contribution in [-0.2, 0) is 29.1 Å². The molecule has 0 saturated carbocycles. The molecule has 3 heterocycles. The number of hydrogen-bond acceptors (Lipinski definition) is 7. The van der Waals surface area contributed by atoms with Crippen molar-refractivity contribution < 1.29 is 32.6 Å². The van der Waals surface area contributed by atoms with Gasteiger partial charge in [0.25, 0.3) is 21.8 Å². The van der Waals surface area contributed by atoms with E-state index < -0.39 is 52.5 Å². The second-order valence-electron chi connectivity index (χ2n) is 8.88. The molecule has 2 aliphatic rings. The second-order valence-corrected chi connectivity index (χ2v) is 11.9. The van der Waals surface area contributed by atoms with Crippen LogP contribution in [0.3, 0.4) is 0 Å². The Morgan fingerprint density at radius 2 is 2.00 bits per heavy atom. The fourth-order valence-electron chi connectivity index (χ4n) is 4.59. The lowest BCUT2D eigenvalue weighted by molar-refractivity contribution is -0.154. The van der Waals surface area contributed by atoms with Crippen molar-refractivity contribution in [3.05, 3.63) is 52.9 Å². The minimum Gasteiger partial charge on any atom is -0.481 e. The summed E-state index contributed by atoms with van der Waals surface area (Å²) in [4.78, 5) is 40.0. The number of nitrogens with one attached hydrogen (secondary N) is 1. The third-order valence-corrected chi connectivity index (χ3v) is 9.49. The lowest BCUT2D eigenvalue weighted by Gasteiger charge is -2.42. The maximum absolute atomic E-state index is 13.8. The molecule has 3 unspecified atom stereocenters. The summed E-state index contributed by atoms with van der Waals surface area (Å²) in [7, 11) is -4.09. The average molecular weight is 536 g/mol. The van der Waals surface area contributed by atoms with E-state index in [0.717, 1.165) is 21.2 Å². The van der Waals surface area contributed by atoms with E-state index in [1.807, 2.05) is 13.0 Å². The molecule has 10 nitrogen and oxygen atoms in total. The Bertz CT molecular complexity index is 1210. The van der Waals surface area contributed by atoms with E-state index in [4.69, 9.17) is 4.74 Å². The molecule has 1 aromatic carbocycles. The smallest absolute Gasteiger partial charge is 0.305 e. The third kappa shape index (κ3) is 5.61. The van der Waals surface area contributed by atoms with Crippen molar-refractivity contribution in [2.24, 2.45) is 0 Å². The summed E-state index contributed by atoms with van der Waals surface area (Å²) in [6, 6.07) is 9.22. The first-order chi connectivity index (χ1) is 17.2. The highest BCUT2D eigenvalue weighted by molar-refractivity contribution is 7.91. The lowest BCUT2D eigenvalue weighted by Crippen LogP contribution is -2.64. The predicted octanol–water partition coefficient (Wildman–Crippen LogP) is 2.12. The molecule has 0 spiro atoms. The minimum atomic E-state index is -4.09. The Hall–Kier alpha value is -2.80. The summed E-state index contributed by atoms with van der Waals surface area (Å²) in [5, 5.41) is 13.8. The first kappa shape index (κ1) is 26.3. The molecule has 2 aromatic rings. The number of carboxylic acid groups (broad SMARTS) is 1. The van der Waals surface area contributed by atoms with Crippen molar-refractivity contribution in [2.75, 3.05) is 19.7 Å². The SMILES string of the molecule is Cc1cccc(C(CC(=O)O)NC(=O)C2N(C(=O)C3CCCO3)CCCN2S(=O)(=O)c2cccs2)c1. The van der Waals surface area contributed by atoms with Gasteiger partial charge in [0.15, 0.2) is 6.17 Å². The van der Waals surface area contributed by atoms with Crippen LogP contribution in [0.5, 0.6) is 0 Å². The van der Waals surface area contributed by atoms with Crippen LogP contribution >= 0.6 is 11.3 Å². The Morgan fingerprint density at radius 3 is 2.64 bits per heavy atom. The van der Waals surface area contributed by atoms with Gasteiger partial charge < -0.3 is 20.1 Å². The number of rotatable bonds is 8. The first-order valence-corrected chi connectivity index (χ1v) is 14.1. The number of sulfonamides is 1. The van der Waals surface area contributed by atoms with Gasteiger partial charge in [-0.05, 0) is 43.2 Å². The summed E-state index contributed by atoms with van der Waals surface area (Å²) in [6.07, 6.45) is -1.07. The molecular weight excluding hydrogens is 506 g/mol. The topological polar surface area (TPSA) is 133 Å². The molecule has 2 aliphatic heterocycles. The van der Waals surface area contributed by atoms with Gasteiger partial charge in [-0.3, -0.25) is 14.4 Å². The molecule has 4 rings (SSSR count). The maximum Gasteiger partial charge on any atom is 0.305 e. The van der Waals surface area contributed by atoms with E-state index in [-0.39, 0.29) is 17.3 Å². The highest BCUT2D eigenvalue weighted by Crippen LogP contribution is 2.29. The molecule has 2 N–H and O–H groups in total. The number of thiophene rings is 1. The largest absolute Gasteiger partial charge is 0.481 e. The van der Waals surface area contributed by atoms with Crippen molar-refractivity contribution >= 4 is 39.1 Å². The Morgan fingerprint density at radius 1 is 1.19 bits per heavy atom. The van der Waals surface area contributed by atoms with Gasteiger partial charge in [0, 0.05) is 19.7 Å². The normalized spacial score (nSPS) is 21.8. The molecule has 0 radical (unpaired) electrons. The zero-order chi connectivity index (χ0) is 25.9. The fraction of sp³-hybridized carbons (Fsp3) is 0.458. The molecule has 2 saturated heterocycles. The van der Waals surface area contributed by atoms with Gasteiger partial charge in [0.05, 0.1) is 12.5 Å². The van der Waals surface area contributed by atoms with Crippen LogP contribution in [0.2, 0.25) is 0 Å². The van der Waals surface area contributed by atoms with E-state index in [0.29, 0.717) is 31.4 Å². The summed E-state index contributed by atoms with van der Waals surface area (Å²) in [5.41, 5.74) is 1.46. The van der Waals surface area contributed by atoms with Crippen molar-refractivity contribution in [3.8, 4) is 0 Å². The van der Waals surface area contributed by atoms with Gasteiger partial charge in [-0.25, -0.2) is 8.42 Å². The number of ether oxygens (including phenoxy) is 1. The summed E-state index contributed by atoms with van der Waals surface area (Å²) < 4.78 is 33.7. The van der Waals surface area contributed by atoms with Gasteiger partial charge >= 0.3 is 5.97 Å². The number of carboxylic acids is 1. The number of aryl methyl sites for hydroxylation is 1. The van der Waals surface area contributed by atoms with Crippen LogP contribution in [0.1, 0.15) is 42.9 Å². The fourth-order valence-corrected chi connectivity index (χ4v) is 7.31. The van der Waals surface area contributed by atoms with Gasteiger partial charge in [-0.1, -0.05) is 35.9 Å². The van der Waals surface area contributed by atoms with Crippen LogP contribution in [0.25, 0.3) is 0 Å². The molecule has 0 bridgehead atoms. The van der Waals surface area contributed by atoms with Crippen molar-refractivity contribution in [2.45, 2.75) is 55.1 Å². The molecule has 12 heteroatoms. The molecular formula is C24H29N3O7S2. The third-order valence-electron chi connectivity index (χ3n) is 6.27. The van der Waals surface area contributed by atoms with Gasteiger partial charge in [0.1, 0.15) is 10.3 Å². The van der Waals surface area contributed by atoms with Crippen molar-refractivity contribution in [1.29, 1.82) is 0 Å². The molecule has 36 heavy (non-hydrogen) atoms. The predicted molar refractivity (Wildman–Crippen MR) is 132 cm³/mol. The Balaban J connectivity index is 1.70. The monoisotopic (exact) mass is 535 g/mol. The van der Waals surface area contributed by atoms with Crippen LogP contribution in [0, 0.1) is 6.92 Å². The summed E-state index contributed by atoms with van der Waals surface area (Å²) in [6.45, 7) is 2.50. The summed E-state index contributed by atoms with van der Waals surface area (Å²) in [5.74, 6) is -2.32. The van der Waals surface area contributed by atoms with E-state index in [9.17, 15) is 27.9 Å². The van der Waals surface area contributed by atoms with Crippen LogP contribution in [0.15, 0.2) is 46.0 Å². The van der Waals surface area contributed by atoms with Crippen LogP contribution in [0.4, 0.5) is 0 Å². The highest BCUT2D eigenvalue weighted by atomic mass is 32.2. The quantitative estimate of drug-likeness (QED) is 0.529. The van der Waals surface area contributed by atoms with Crippen LogP contribution in [-0.4, -0.2) is 72.5 Å². The molecule has 3 atom stereocenters. The van der Waals surface area contributed by atoms with E-state index in [2.05, 4.69) is 5.32 Å². The van der Waals surface area contributed by atoms with Gasteiger partial charge in [-0.15, -0.1) is 11.3 Å². The number of hydrogen-bond donors (Lipinski definition) is 2. The first-order valence-electron chi connectivity index (χ1n) is 11.7. The van der Waals surface area contributed by atoms with Crippen molar-refractivity contribution in [3.63, 3.8) is 0 Å². The lowest BCUT2D eigenvalue weighted by atomic mass is 10.0. The maximum atomic E-state index is 13.8. The number of amides is 2. The average Bonchev–Trinajstić information content (AvgIpc) is 3.57. The number of carbonyl (C=O) groups is 3. The van der Waals surface area contributed by atoms with E-state index >= 15 is 0 Å². The second kappa shape index (κ2) is 11.1. The number of aliphatic carboxylic acids is 1. The number of benzene rings is 1. The zero-order valence-corrected chi connectivity index (χ0v) is 21.5. The minimum absolute atomic E-state index is 0.0433. The van der Waals surface area contributed by atoms with E-state index in [1.54, 1.807) is 29.6 Å². The highest BCUT2D eigenvalue weighted by Gasteiger charge is 2.46. The molecule has 0 aliphatic carbocycles. The number of carbonyl (C=O) groups excluding carboxylic acids is 2. The van der Waals surface area contributed by atoms with Crippen LogP contribution < -0.4 is 5.32 Å². The summed E-state index contributed by atoms with van der Waals surface area (Å²) >= 11 is 1.03. The van der Waals surface area contributed by atoms with Gasteiger partial charge in [-0.2, -0.15) is 4.31 Å². The standard InChI is InChI=1S/C24H29N3O7S2/c1-16-6-2-7-17(14-16)18(15-20(28)29)25-22(30)23-26(24(31)19-8-3-12-34-19)10-5-11-27(23)36(32,33)21-9-4-13-35-21/h2,4,6-7,9,13-14,18-19,23H,3,5,8,10-12,15H2,1H3,(H,25,30)(H,28,29). The molecule has 1 aromatic heterocycles. The Labute approximate surface area is 213 Å².